The summed E-state index contributed by atoms with van der Waals surface area (Å²) >= 11 is 2.31. The monoisotopic (exact) mass is 480 g/mol. The number of amides is 1. The third-order valence-corrected chi connectivity index (χ3v) is 3.92. The summed E-state index contributed by atoms with van der Waals surface area (Å²) < 4.78 is 17.1. The lowest BCUT2D eigenvalue weighted by Gasteiger charge is -2.19. The van der Waals surface area contributed by atoms with Gasteiger partial charge in [0.1, 0.15) is 0 Å². The Morgan fingerprint density at radius 1 is 1.23 bits per heavy atom. The van der Waals surface area contributed by atoms with E-state index < -0.39 is 0 Å². The summed E-state index contributed by atoms with van der Waals surface area (Å²) in [6.07, 6.45) is 7.14. The zero-order chi connectivity index (χ0) is 19.2. The minimum absolute atomic E-state index is 0.0378. The Morgan fingerprint density at radius 2 is 1.96 bits per heavy atom. The number of carbonyl (C=O) groups is 1. The van der Waals surface area contributed by atoms with Gasteiger partial charge in [-0.05, 0) is 31.4 Å². The van der Waals surface area contributed by atoms with Gasteiger partial charge in [-0.3, -0.25) is 4.79 Å². The molecule has 1 aliphatic carbocycles. The molecule has 0 spiro atoms. The molecular formula is C19H33IN2O4. The molecule has 1 amide bonds. The number of hydrogen-bond donors (Lipinski definition) is 2. The van der Waals surface area contributed by atoms with E-state index in [9.17, 15) is 4.79 Å². The molecule has 0 radical (unpaired) electrons. The Labute approximate surface area is 171 Å². The van der Waals surface area contributed by atoms with Gasteiger partial charge in [-0.1, -0.05) is 42.5 Å². The highest BCUT2D eigenvalue weighted by molar-refractivity contribution is 14.1. The third-order valence-electron chi connectivity index (χ3n) is 3.48. The van der Waals surface area contributed by atoms with Crippen molar-refractivity contribution in [2.75, 3.05) is 39.6 Å². The highest BCUT2D eigenvalue weighted by Gasteiger charge is 2.12. The van der Waals surface area contributed by atoms with E-state index in [1.807, 2.05) is 18.2 Å². The zero-order valence-corrected chi connectivity index (χ0v) is 18.3. The van der Waals surface area contributed by atoms with Gasteiger partial charge in [0.25, 0.3) is 0 Å². The lowest BCUT2D eigenvalue weighted by Crippen LogP contribution is -2.26. The van der Waals surface area contributed by atoms with E-state index in [1.165, 1.54) is 0 Å². The molecule has 0 bridgehead atoms. The van der Waals surface area contributed by atoms with Gasteiger partial charge in [0.2, 0.25) is 5.91 Å². The number of nitrogens with one attached hydrogen (secondary N) is 2. The lowest BCUT2D eigenvalue weighted by molar-refractivity contribution is -0.121. The molecule has 150 valence electrons. The van der Waals surface area contributed by atoms with Gasteiger partial charge < -0.3 is 24.8 Å². The van der Waals surface area contributed by atoms with Crippen LogP contribution in [0.3, 0.4) is 0 Å². The second-order valence-electron chi connectivity index (χ2n) is 6.62. The maximum atomic E-state index is 12.0. The van der Waals surface area contributed by atoms with Crippen molar-refractivity contribution in [1.82, 2.24) is 10.6 Å². The van der Waals surface area contributed by atoms with Crippen LogP contribution in [-0.4, -0.2) is 55.6 Å². The summed E-state index contributed by atoms with van der Waals surface area (Å²) in [4.78, 5) is 12.0. The summed E-state index contributed by atoms with van der Waals surface area (Å²) in [5.74, 6) is 0.450. The Hall–Kier alpha value is -0.480. The standard InChI is InChI=1S/C19H33IN2O4/c1-15(2)14-26-18-6-4-5-17(13-18)22-19(23)7-9-24-11-12-25-10-8-21-16(3)20/h4-5,13,15-16,18,21H,6-12,14H2,1-3H3,(H,22,23)/t16-,18?/m0/s1. The molecule has 7 heteroatoms. The molecule has 2 atom stereocenters. The Bertz CT molecular complexity index is 453. The summed E-state index contributed by atoms with van der Waals surface area (Å²) in [6.45, 7) is 9.99. The molecule has 1 rings (SSSR count). The van der Waals surface area contributed by atoms with Crippen molar-refractivity contribution in [3.63, 3.8) is 0 Å². The first-order valence-electron chi connectivity index (χ1n) is 9.30. The van der Waals surface area contributed by atoms with Crippen molar-refractivity contribution in [3.05, 3.63) is 23.9 Å². The molecule has 0 saturated carbocycles. The van der Waals surface area contributed by atoms with Crippen molar-refractivity contribution in [2.45, 2.75) is 43.8 Å². The van der Waals surface area contributed by atoms with Crippen molar-refractivity contribution in [1.29, 1.82) is 0 Å². The van der Waals surface area contributed by atoms with Crippen LogP contribution in [0, 0.1) is 5.92 Å². The minimum atomic E-state index is -0.0495. The molecule has 0 aromatic rings. The van der Waals surface area contributed by atoms with Crippen molar-refractivity contribution < 1.29 is 19.0 Å². The van der Waals surface area contributed by atoms with Gasteiger partial charge in [0.05, 0.1) is 43.0 Å². The fourth-order valence-electron chi connectivity index (χ4n) is 2.21. The Kier molecular flexibility index (Phi) is 13.2. The van der Waals surface area contributed by atoms with E-state index in [1.54, 1.807) is 0 Å². The highest BCUT2D eigenvalue weighted by atomic mass is 127. The van der Waals surface area contributed by atoms with E-state index in [0.717, 1.165) is 25.3 Å². The summed E-state index contributed by atoms with van der Waals surface area (Å²) in [5, 5.41) is 6.17. The molecule has 0 aromatic carbocycles. The average Bonchev–Trinajstić information content (AvgIpc) is 2.58. The summed E-state index contributed by atoms with van der Waals surface area (Å²) in [6, 6.07) is 0. The van der Waals surface area contributed by atoms with Crippen LogP contribution in [-0.2, 0) is 19.0 Å². The molecular weight excluding hydrogens is 447 g/mol. The Balaban J connectivity index is 2.06. The number of halogens is 1. The number of ether oxygens (including phenoxy) is 3. The van der Waals surface area contributed by atoms with Gasteiger partial charge in [0.15, 0.2) is 0 Å². The second-order valence-corrected chi connectivity index (χ2v) is 8.49. The first kappa shape index (κ1) is 23.6. The van der Waals surface area contributed by atoms with Crippen molar-refractivity contribution >= 4 is 28.5 Å². The first-order chi connectivity index (χ1) is 12.5. The van der Waals surface area contributed by atoms with Crippen molar-refractivity contribution in [3.8, 4) is 0 Å². The van der Waals surface area contributed by atoms with Gasteiger partial charge in [-0.2, -0.15) is 0 Å². The number of hydrogen-bond acceptors (Lipinski definition) is 5. The minimum Gasteiger partial charge on any atom is -0.379 e. The van der Waals surface area contributed by atoms with Crippen LogP contribution in [0.1, 0.15) is 33.6 Å². The molecule has 1 aliphatic rings. The molecule has 0 aromatic heterocycles. The van der Waals surface area contributed by atoms with Crippen molar-refractivity contribution in [2.24, 2.45) is 5.92 Å². The molecule has 26 heavy (non-hydrogen) atoms. The van der Waals surface area contributed by atoms with E-state index in [4.69, 9.17) is 14.2 Å². The number of alkyl halides is 1. The molecule has 0 fully saturated rings. The van der Waals surface area contributed by atoms with E-state index in [-0.39, 0.29) is 12.0 Å². The SMILES string of the molecule is CC(C)COC1C=C(NC(=O)CCOCCOCCN[C@@H](C)I)C=CC1. The van der Waals surface area contributed by atoms with Crippen LogP contribution in [0.4, 0.5) is 0 Å². The largest absolute Gasteiger partial charge is 0.379 e. The maximum Gasteiger partial charge on any atom is 0.226 e. The predicted octanol–water partition coefficient (Wildman–Crippen LogP) is 2.78. The topological polar surface area (TPSA) is 68.8 Å². The van der Waals surface area contributed by atoms with Gasteiger partial charge in [-0.25, -0.2) is 0 Å². The summed E-state index contributed by atoms with van der Waals surface area (Å²) in [5.41, 5.74) is 0.801. The summed E-state index contributed by atoms with van der Waals surface area (Å²) in [7, 11) is 0. The average molecular weight is 480 g/mol. The zero-order valence-electron chi connectivity index (χ0n) is 16.1. The smallest absolute Gasteiger partial charge is 0.226 e. The molecule has 6 nitrogen and oxygen atoms in total. The van der Waals surface area contributed by atoms with Crippen LogP contribution in [0.25, 0.3) is 0 Å². The predicted molar refractivity (Wildman–Crippen MR) is 112 cm³/mol. The molecule has 0 heterocycles. The van der Waals surface area contributed by atoms with E-state index in [0.29, 0.717) is 42.8 Å². The van der Waals surface area contributed by atoms with Gasteiger partial charge >= 0.3 is 0 Å². The fraction of sp³-hybridized carbons (Fsp3) is 0.737. The van der Waals surface area contributed by atoms with E-state index in [2.05, 4.69) is 54.0 Å². The quantitative estimate of drug-likeness (QED) is 0.173. The first-order valence-corrected chi connectivity index (χ1v) is 10.5. The molecule has 1 unspecified atom stereocenters. The van der Waals surface area contributed by atoms with Crippen LogP contribution in [0.15, 0.2) is 23.9 Å². The second kappa shape index (κ2) is 14.6. The fourth-order valence-corrected chi connectivity index (χ4v) is 2.52. The highest BCUT2D eigenvalue weighted by Crippen LogP contribution is 2.13. The van der Waals surface area contributed by atoms with Crippen LogP contribution in [0.2, 0.25) is 0 Å². The Morgan fingerprint density at radius 3 is 2.65 bits per heavy atom. The van der Waals surface area contributed by atoms with Gasteiger partial charge in [0, 0.05) is 18.8 Å². The number of carbonyl (C=O) groups excluding carboxylic acids is 1. The van der Waals surface area contributed by atoms with Crippen LogP contribution < -0.4 is 10.6 Å². The van der Waals surface area contributed by atoms with Crippen LogP contribution in [0.5, 0.6) is 0 Å². The van der Waals surface area contributed by atoms with Crippen LogP contribution >= 0.6 is 22.6 Å². The number of allylic oxidation sites excluding steroid dienone is 1. The third kappa shape index (κ3) is 12.8. The maximum absolute atomic E-state index is 12.0. The van der Waals surface area contributed by atoms with E-state index >= 15 is 0 Å². The normalized spacial score (nSPS) is 18.0. The molecule has 0 aliphatic heterocycles. The number of rotatable bonds is 14. The van der Waals surface area contributed by atoms with Gasteiger partial charge in [-0.15, -0.1) is 0 Å². The lowest BCUT2D eigenvalue weighted by atomic mass is 10.1. The molecule has 0 saturated heterocycles. The molecule has 2 N–H and O–H groups in total.